The minimum absolute atomic E-state index is 0.171. The maximum Gasteiger partial charge on any atom is 0.410 e. The summed E-state index contributed by atoms with van der Waals surface area (Å²) in [6.45, 7) is 6.06. The lowest BCUT2D eigenvalue weighted by molar-refractivity contribution is -0.160. The second-order valence-electron chi connectivity index (χ2n) is 7.27. The van der Waals surface area contributed by atoms with Gasteiger partial charge in [-0.2, -0.15) is 0 Å². The number of nitrogens with two attached hydrogens (primary N) is 1. The number of hydrogen-bond donors (Lipinski definition) is 2. The molecule has 0 aromatic carbocycles. The number of ether oxygens (including phenoxy) is 1. The van der Waals surface area contributed by atoms with Gasteiger partial charge in [0.1, 0.15) is 11.1 Å². The van der Waals surface area contributed by atoms with Crippen LogP contribution in [-0.4, -0.2) is 69.7 Å². The third-order valence-electron chi connectivity index (χ3n) is 4.31. The highest BCUT2D eigenvalue weighted by Crippen LogP contribution is 2.33. The SMILES string of the molecule is CC(C)(C)OC(=O)N1CCC(C(=O)O)(N2CC(N)CC2=O)CC1. The fraction of sp³-hybridized carbons (Fsp3) is 0.800. The van der Waals surface area contributed by atoms with E-state index in [0.717, 1.165) is 0 Å². The molecule has 0 bridgehead atoms. The topological polar surface area (TPSA) is 113 Å². The van der Waals surface area contributed by atoms with Gasteiger partial charge in [0, 0.05) is 32.1 Å². The second kappa shape index (κ2) is 5.99. The number of carbonyl (C=O) groups is 3. The van der Waals surface area contributed by atoms with Gasteiger partial charge in [0.2, 0.25) is 5.91 Å². The van der Waals surface area contributed by atoms with Gasteiger partial charge in [0.25, 0.3) is 0 Å². The van der Waals surface area contributed by atoms with Gasteiger partial charge >= 0.3 is 12.1 Å². The van der Waals surface area contributed by atoms with Gasteiger partial charge in [-0.15, -0.1) is 0 Å². The van der Waals surface area contributed by atoms with Crippen molar-refractivity contribution >= 4 is 18.0 Å². The van der Waals surface area contributed by atoms with Crippen LogP contribution in [0.1, 0.15) is 40.0 Å². The maximum atomic E-state index is 12.1. The minimum atomic E-state index is -1.27. The van der Waals surface area contributed by atoms with Gasteiger partial charge in [-0.3, -0.25) is 4.79 Å². The van der Waals surface area contributed by atoms with Crippen LogP contribution in [0, 0.1) is 0 Å². The Morgan fingerprint density at radius 2 is 1.87 bits per heavy atom. The standard InChI is InChI=1S/C15H25N3O5/c1-14(2,3)23-13(22)17-6-4-15(5-7-17,12(20)21)18-9-10(16)8-11(18)19/h10H,4-9,16H2,1-3H3,(H,20,21). The average molecular weight is 327 g/mol. The number of rotatable bonds is 2. The van der Waals surface area contributed by atoms with Gasteiger partial charge < -0.3 is 25.4 Å². The Hall–Kier alpha value is -1.83. The van der Waals surface area contributed by atoms with E-state index in [2.05, 4.69) is 0 Å². The van der Waals surface area contributed by atoms with Crippen molar-refractivity contribution in [2.75, 3.05) is 19.6 Å². The molecule has 0 aromatic rings. The summed E-state index contributed by atoms with van der Waals surface area (Å²) in [6, 6.07) is -0.331. The lowest BCUT2D eigenvalue weighted by Gasteiger charge is -2.44. The zero-order valence-electron chi connectivity index (χ0n) is 13.9. The Morgan fingerprint density at radius 3 is 2.26 bits per heavy atom. The lowest BCUT2D eigenvalue weighted by atomic mass is 9.86. The summed E-state index contributed by atoms with van der Waals surface area (Å²) in [5.41, 5.74) is 3.91. The number of carbonyl (C=O) groups excluding carboxylic acids is 2. The molecule has 0 saturated carbocycles. The quantitative estimate of drug-likeness (QED) is 0.759. The summed E-state index contributed by atoms with van der Waals surface area (Å²) >= 11 is 0. The predicted molar refractivity (Wildman–Crippen MR) is 81.7 cm³/mol. The summed E-state index contributed by atoms with van der Waals surface area (Å²) < 4.78 is 5.31. The van der Waals surface area contributed by atoms with E-state index in [1.807, 2.05) is 0 Å². The number of carboxylic acids is 1. The van der Waals surface area contributed by atoms with Crippen molar-refractivity contribution in [3.63, 3.8) is 0 Å². The van der Waals surface area contributed by atoms with Crippen molar-refractivity contribution in [3.8, 4) is 0 Å². The molecule has 8 nitrogen and oxygen atoms in total. The molecule has 2 aliphatic rings. The highest BCUT2D eigenvalue weighted by Gasteiger charge is 2.51. The van der Waals surface area contributed by atoms with E-state index in [1.54, 1.807) is 20.8 Å². The van der Waals surface area contributed by atoms with Crippen molar-refractivity contribution in [1.82, 2.24) is 9.80 Å². The summed E-state index contributed by atoms with van der Waals surface area (Å²) in [5, 5.41) is 9.70. The molecule has 2 rings (SSSR count). The molecule has 0 radical (unpaired) electrons. The highest BCUT2D eigenvalue weighted by molar-refractivity contribution is 5.89. The van der Waals surface area contributed by atoms with E-state index in [-0.39, 0.29) is 50.8 Å². The molecule has 8 heteroatoms. The first kappa shape index (κ1) is 17.5. The number of piperidine rings is 1. The number of carboxylic acid groups (broad SMARTS) is 1. The zero-order valence-corrected chi connectivity index (χ0v) is 13.9. The van der Waals surface area contributed by atoms with Crippen LogP contribution in [0.25, 0.3) is 0 Å². The first-order chi connectivity index (χ1) is 10.5. The molecular formula is C15H25N3O5. The van der Waals surface area contributed by atoms with Crippen LogP contribution in [0.2, 0.25) is 0 Å². The Bertz CT molecular complexity index is 506. The lowest BCUT2D eigenvalue weighted by Crippen LogP contribution is -2.61. The zero-order chi connectivity index (χ0) is 17.4. The third-order valence-corrected chi connectivity index (χ3v) is 4.31. The fourth-order valence-corrected chi connectivity index (χ4v) is 3.13. The van der Waals surface area contributed by atoms with Gasteiger partial charge in [-0.1, -0.05) is 0 Å². The first-order valence-corrected chi connectivity index (χ1v) is 7.82. The van der Waals surface area contributed by atoms with E-state index in [1.165, 1.54) is 9.80 Å². The van der Waals surface area contributed by atoms with Crippen LogP contribution < -0.4 is 5.73 Å². The molecule has 2 aliphatic heterocycles. The van der Waals surface area contributed by atoms with Crippen molar-refractivity contribution in [2.45, 2.75) is 57.2 Å². The monoisotopic (exact) mass is 327 g/mol. The van der Waals surface area contributed by atoms with Crippen molar-refractivity contribution < 1.29 is 24.2 Å². The Morgan fingerprint density at radius 1 is 1.30 bits per heavy atom. The molecule has 2 saturated heterocycles. The summed E-state index contributed by atoms with van der Waals surface area (Å²) in [6.07, 6.45) is 0.0752. The number of aliphatic carboxylic acids is 1. The van der Waals surface area contributed by atoms with Crippen LogP contribution in [0.5, 0.6) is 0 Å². The summed E-state index contributed by atoms with van der Waals surface area (Å²) in [4.78, 5) is 38.9. The highest BCUT2D eigenvalue weighted by atomic mass is 16.6. The smallest absolute Gasteiger partial charge is 0.410 e. The number of nitrogens with zero attached hydrogens (tertiary/aromatic N) is 2. The number of amides is 2. The molecule has 130 valence electrons. The fourth-order valence-electron chi connectivity index (χ4n) is 3.13. The van der Waals surface area contributed by atoms with Gasteiger partial charge in [-0.25, -0.2) is 9.59 Å². The first-order valence-electron chi connectivity index (χ1n) is 7.82. The Kier molecular flexibility index (Phi) is 4.57. The Balaban J connectivity index is 2.08. The van der Waals surface area contributed by atoms with Crippen molar-refractivity contribution in [1.29, 1.82) is 0 Å². The molecule has 0 aliphatic carbocycles. The van der Waals surface area contributed by atoms with Gasteiger partial charge in [0.15, 0.2) is 0 Å². The molecule has 2 amide bonds. The van der Waals surface area contributed by atoms with Gasteiger partial charge in [-0.05, 0) is 33.6 Å². The summed E-state index contributed by atoms with van der Waals surface area (Å²) in [7, 11) is 0. The molecule has 2 fully saturated rings. The van der Waals surface area contributed by atoms with Gasteiger partial charge in [0.05, 0.1) is 0 Å². The molecule has 1 unspecified atom stereocenters. The number of hydrogen-bond acceptors (Lipinski definition) is 5. The predicted octanol–water partition coefficient (Wildman–Crippen LogP) is 0.400. The summed E-state index contributed by atoms with van der Waals surface area (Å²) in [5.74, 6) is -1.27. The largest absolute Gasteiger partial charge is 0.479 e. The Labute approximate surface area is 135 Å². The van der Waals surface area contributed by atoms with E-state index in [4.69, 9.17) is 10.5 Å². The molecule has 0 spiro atoms. The van der Waals surface area contributed by atoms with Crippen LogP contribution >= 0.6 is 0 Å². The van der Waals surface area contributed by atoms with Crippen LogP contribution in [-0.2, 0) is 14.3 Å². The van der Waals surface area contributed by atoms with E-state index >= 15 is 0 Å². The van der Waals surface area contributed by atoms with E-state index in [9.17, 15) is 19.5 Å². The molecule has 3 N–H and O–H groups in total. The maximum absolute atomic E-state index is 12.1. The molecular weight excluding hydrogens is 302 g/mol. The van der Waals surface area contributed by atoms with E-state index in [0.29, 0.717) is 0 Å². The molecule has 23 heavy (non-hydrogen) atoms. The van der Waals surface area contributed by atoms with Crippen molar-refractivity contribution in [2.24, 2.45) is 5.73 Å². The third kappa shape index (κ3) is 3.57. The molecule has 1 atom stereocenters. The van der Waals surface area contributed by atoms with Crippen LogP contribution in [0.4, 0.5) is 4.79 Å². The number of likely N-dealkylation sites (tertiary alicyclic amines) is 2. The minimum Gasteiger partial charge on any atom is -0.479 e. The average Bonchev–Trinajstić information content (AvgIpc) is 2.76. The van der Waals surface area contributed by atoms with Crippen molar-refractivity contribution in [3.05, 3.63) is 0 Å². The molecule has 0 aromatic heterocycles. The van der Waals surface area contributed by atoms with E-state index < -0.39 is 23.2 Å². The van der Waals surface area contributed by atoms with Crippen LogP contribution in [0.15, 0.2) is 0 Å². The normalized spacial score (nSPS) is 24.7. The second-order valence-corrected chi connectivity index (χ2v) is 7.27. The van der Waals surface area contributed by atoms with Crippen LogP contribution in [0.3, 0.4) is 0 Å². The molecule has 2 heterocycles.